The van der Waals surface area contributed by atoms with Crippen molar-refractivity contribution in [3.63, 3.8) is 0 Å². The number of carbonyl (C=O) groups is 2. The summed E-state index contributed by atoms with van der Waals surface area (Å²) in [4.78, 5) is 25.7. The van der Waals surface area contributed by atoms with E-state index in [1.54, 1.807) is 0 Å². The average Bonchev–Trinajstić information content (AvgIpc) is 2.74. The number of hydrogen-bond acceptors (Lipinski definition) is 5. The first-order valence-corrected chi connectivity index (χ1v) is 5.90. The van der Waals surface area contributed by atoms with Gasteiger partial charge >= 0.3 is 0 Å². The standard InChI is InChI=1S/C9H12N2O3.C4H6O/c12-8-1-2-9(13)11(8)7-10-3-5-14-6-4-10;1-3-5-4-2/h1-2H,3-7H2;3-4H,1-2H2. The van der Waals surface area contributed by atoms with Gasteiger partial charge in [0.2, 0.25) is 0 Å². The van der Waals surface area contributed by atoms with Crippen LogP contribution < -0.4 is 0 Å². The highest BCUT2D eigenvalue weighted by molar-refractivity contribution is 6.12. The van der Waals surface area contributed by atoms with Crippen LogP contribution in [0.1, 0.15) is 0 Å². The molecule has 6 heteroatoms. The summed E-state index contributed by atoms with van der Waals surface area (Å²) in [5, 5.41) is 0. The zero-order valence-electron chi connectivity index (χ0n) is 10.8. The molecule has 0 unspecified atom stereocenters. The van der Waals surface area contributed by atoms with Crippen molar-refractivity contribution in [1.29, 1.82) is 0 Å². The minimum Gasteiger partial charge on any atom is -0.474 e. The van der Waals surface area contributed by atoms with Crippen LogP contribution >= 0.6 is 0 Å². The van der Waals surface area contributed by atoms with Gasteiger partial charge in [-0.15, -0.1) is 0 Å². The van der Waals surface area contributed by atoms with E-state index < -0.39 is 0 Å². The number of morpholine rings is 1. The minimum atomic E-state index is -0.221. The van der Waals surface area contributed by atoms with E-state index in [1.807, 2.05) is 4.90 Å². The Bertz CT molecular complexity index is 349. The Morgan fingerprint density at radius 1 is 1.16 bits per heavy atom. The van der Waals surface area contributed by atoms with Crippen LogP contribution in [0.25, 0.3) is 0 Å². The van der Waals surface area contributed by atoms with Gasteiger partial charge in [0.1, 0.15) is 0 Å². The molecule has 0 aromatic heterocycles. The maximum Gasteiger partial charge on any atom is 0.254 e. The smallest absolute Gasteiger partial charge is 0.254 e. The van der Waals surface area contributed by atoms with Crippen molar-refractivity contribution in [2.75, 3.05) is 33.0 Å². The second-order valence-electron chi connectivity index (χ2n) is 3.78. The Labute approximate surface area is 112 Å². The zero-order chi connectivity index (χ0) is 14.1. The molecule has 2 aliphatic rings. The lowest BCUT2D eigenvalue weighted by Crippen LogP contribution is -2.46. The van der Waals surface area contributed by atoms with Gasteiger partial charge in [-0.3, -0.25) is 19.4 Å². The van der Waals surface area contributed by atoms with Gasteiger partial charge in [0.15, 0.2) is 0 Å². The van der Waals surface area contributed by atoms with E-state index in [0.717, 1.165) is 13.1 Å². The Morgan fingerprint density at radius 3 is 2.11 bits per heavy atom. The molecule has 0 aromatic carbocycles. The Balaban J connectivity index is 0.000000312. The molecule has 0 aromatic rings. The van der Waals surface area contributed by atoms with Crippen LogP contribution in [0.5, 0.6) is 0 Å². The van der Waals surface area contributed by atoms with E-state index in [4.69, 9.17) is 4.74 Å². The molecular weight excluding hydrogens is 248 g/mol. The summed E-state index contributed by atoms with van der Waals surface area (Å²) in [5.41, 5.74) is 0. The number of imide groups is 1. The highest BCUT2D eigenvalue weighted by atomic mass is 16.5. The first kappa shape index (κ1) is 15.1. The van der Waals surface area contributed by atoms with Gasteiger partial charge in [-0.05, 0) is 0 Å². The SMILES string of the molecule is C=COC=C.O=C1C=CC(=O)N1CN1CCOCC1. The van der Waals surface area contributed by atoms with E-state index in [2.05, 4.69) is 17.9 Å². The van der Waals surface area contributed by atoms with Crippen molar-refractivity contribution in [1.82, 2.24) is 9.80 Å². The molecule has 0 saturated carbocycles. The average molecular weight is 266 g/mol. The summed E-state index contributed by atoms with van der Waals surface area (Å²) < 4.78 is 9.53. The van der Waals surface area contributed by atoms with Gasteiger partial charge in [-0.25, -0.2) is 0 Å². The molecule has 1 saturated heterocycles. The van der Waals surface area contributed by atoms with Gasteiger partial charge < -0.3 is 9.47 Å². The fourth-order valence-electron chi connectivity index (χ4n) is 1.58. The van der Waals surface area contributed by atoms with Crippen LogP contribution in [0.15, 0.2) is 37.8 Å². The number of nitrogens with zero attached hydrogens (tertiary/aromatic N) is 2. The third kappa shape index (κ3) is 5.07. The van der Waals surface area contributed by atoms with E-state index in [-0.39, 0.29) is 11.8 Å². The van der Waals surface area contributed by atoms with Crippen LogP contribution in [-0.2, 0) is 19.1 Å². The second-order valence-corrected chi connectivity index (χ2v) is 3.78. The predicted octanol–water partition coefficient (Wildman–Crippen LogP) is 0.491. The lowest BCUT2D eigenvalue weighted by atomic mass is 10.4. The van der Waals surface area contributed by atoms with Gasteiger partial charge in [0.05, 0.1) is 32.4 Å². The third-order valence-corrected chi connectivity index (χ3v) is 2.54. The van der Waals surface area contributed by atoms with Crippen LogP contribution in [0.3, 0.4) is 0 Å². The number of hydrogen-bond donors (Lipinski definition) is 0. The van der Waals surface area contributed by atoms with Crippen molar-refractivity contribution >= 4 is 11.8 Å². The zero-order valence-corrected chi connectivity index (χ0v) is 10.8. The van der Waals surface area contributed by atoms with Crippen molar-refractivity contribution in [2.24, 2.45) is 0 Å². The largest absolute Gasteiger partial charge is 0.474 e. The molecule has 2 aliphatic heterocycles. The minimum absolute atomic E-state index is 0.221. The van der Waals surface area contributed by atoms with E-state index in [1.165, 1.54) is 29.6 Å². The quantitative estimate of drug-likeness (QED) is 0.547. The summed E-state index contributed by atoms with van der Waals surface area (Å²) in [6.45, 7) is 9.79. The second kappa shape index (κ2) is 8.23. The van der Waals surface area contributed by atoms with Gasteiger partial charge in [0, 0.05) is 25.2 Å². The molecule has 0 spiro atoms. The molecular formula is C13H18N2O4. The molecule has 0 bridgehead atoms. The van der Waals surface area contributed by atoms with Gasteiger partial charge in [-0.2, -0.15) is 0 Å². The third-order valence-electron chi connectivity index (χ3n) is 2.54. The fourth-order valence-corrected chi connectivity index (χ4v) is 1.58. The molecule has 2 heterocycles. The van der Waals surface area contributed by atoms with Crippen molar-refractivity contribution in [2.45, 2.75) is 0 Å². The maximum absolute atomic E-state index is 11.2. The van der Waals surface area contributed by atoms with E-state index >= 15 is 0 Å². The van der Waals surface area contributed by atoms with Crippen LogP contribution in [0.4, 0.5) is 0 Å². The normalized spacial score (nSPS) is 18.8. The first-order valence-electron chi connectivity index (χ1n) is 5.90. The number of amides is 2. The molecule has 2 amide bonds. The van der Waals surface area contributed by atoms with Crippen LogP contribution in [0, 0.1) is 0 Å². The summed E-state index contributed by atoms with van der Waals surface area (Å²) in [5.74, 6) is -0.442. The highest BCUT2D eigenvalue weighted by Crippen LogP contribution is 2.06. The fraction of sp³-hybridized carbons (Fsp3) is 0.385. The number of ether oxygens (including phenoxy) is 2. The summed E-state index contributed by atoms with van der Waals surface area (Å²) in [6.07, 6.45) is 5.24. The van der Waals surface area contributed by atoms with Crippen molar-refractivity contribution in [3.05, 3.63) is 37.8 Å². The molecule has 19 heavy (non-hydrogen) atoms. The molecule has 6 nitrogen and oxygen atoms in total. The number of carbonyl (C=O) groups excluding carboxylic acids is 2. The Morgan fingerprint density at radius 2 is 1.68 bits per heavy atom. The van der Waals surface area contributed by atoms with Crippen molar-refractivity contribution < 1.29 is 19.1 Å². The summed E-state index contributed by atoms with van der Waals surface area (Å²) >= 11 is 0. The molecule has 0 N–H and O–H groups in total. The van der Waals surface area contributed by atoms with Gasteiger partial charge in [-0.1, -0.05) is 13.2 Å². The monoisotopic (exact) mass is 266 g/mol. The first-order chi connectivity index (χ1) is 9.19. The highest BCUT2D eigenvalue weighted by Gasteiger charge is 2.25. The lowest BCUT2D eigenvalue weighted by Gasteiger charge is -2.29. The number of rotatable bonds is 4. The molecule has 0 atom stereocenters. The molecule has 2 rings (SSSR count). The van der Waals surface area contributed by atoms with Crippen LogP contribution in [-0.4, -0.2) is 54.6 Å². The Kier molecular flexibility index (Phi) is 6.56. The van der Waals surface area contributed by atoms with E-state index in [0.29, 0.717) is 19.9 Å². The maximum atomic E-state index is 11.2. The molecule has 1 fully saturated rings. The van der Waals surface area contributed by atoms with E-state index in [9.17, 15) is 9.59 Å². The van der Waals surface area contributed by atoms with Gasteiger partial charge in [0.25, 0.3) is 11.8 Å². The predicted molar refractivity (Wildman–Crippen MR) is 69.7 cm³/mol. The van der Waals surface area contributed by atoms with Crippen molar-refractivity contribution in [3.8, 4) is 0 Å². The lowest BCUT2D eigenvalue weighted by molar-refractivity contribution is -0.140. The Hall–Kier alpha value is -1.92. The molecule has 0 radical (unpaired) electrons. The topological polar surface area (TPSA) is 59.1 Å². The molecule has 0 aliphatic carbocycles. The molecule has 104 valence electrons. The van der Waals surface area contributed by atoms with Crippen LogP contribution in [0.2, 0.25) is 0 Å². The summed E-state index contributed by atoms with van der Waals surface area (Å²) in [6, 6.07) is 0. The summed E-state index contributed by atoms with van der Waals surface area (Å²) in [7, 11) is 0.